The van der Waals surface area contributed by atoms with Gasteiger partial charge in [0.2, 0.25) is 0 Å². The van der Waals surface area contributed by atoms with Crippen LogP contribution in [0.1, 0.15) is 143 Å². The molecule has 0 bridgehead atoms. The molecule has 0 saturated heterocycles. The fourth-order valence-corrected chi connectivity index (χ4v) is 9.07. The maximum atomic E-state index is 12.7. The molecule has 1 aromatic heterocycles. The minimum atomic E-state index is -0.00653. The lowest BCUT2D eigenvalue weighted by molar-refractivity contribution is -0.149. The molecule has 0 radical (unpaired) electrons. The summed E-state index contributed by atoms with van der Waals surface area (Å²) in [6, 6.07) is 0. The van der Waals surface area contributed by atoms with E-state index in [1.54, 1.807) is 11.9 Å². The lowest BCUT2D eigenvalue weighted by Crippen LogP contribution is -2.43. The third kappa shape index (κ3) is 8.25. The number of hydrogen-bond donors (Lipinski definition) is 1. The number of hydrogen-bond acceptors (Lipinski definition) is 3. The Morgan fingerprint density at radius 3 is 2.70 bits per heavy atom. The topological polar surface area (TPSA) is 55.0 Å². The lowest BCUT2D eigenvalue weighted by Gasteiger charge is -2.51. The highest BCUT2D eigenvalue weighted by molar-refractivity contribution is 5.69. The Bertz CT molecular complexity index is 921. The molecule has 1 heterocycles. The van der Waals surface area contributed by atoms with Gasteiger partial charge in [-0.3, -0.25) is 4.79 Å². The molecule has 4 rings (SSSR count). The van der Waals surface area contributed by atoms with Crippen LogP contribution < -0.4 is 0 Å². The minimum Gasteiger partial charge on any atom is -0.462 e. The van der Waals surface area contributed by atoms with E-state index in [9.17, 15) is 4.79 Å². The van der Waals surface area contributed by atoms with Gasteiger partial charge in [-0.2, -0.15) is 0 Å². The molecule has 3 aliphatic carbocycles. The van der Waals surface area contributed by atoms with Crippen LogP contribution >= 0.6 is 0 Å². The molecule has 3 aliphatic rings. The standard InChI is InChI=1S/C36H60N2O2/c1-6-7-14-31(40-35(39)15-9-8-13-30-24-37-25-38-30)23-28-16-17-32-29(22-28)20-21-36(5)33(18-19-34(32)36)27(4)12-10-11-26(2)3/h16,24-27,29,31-34H,6-15,17-23H2,1-5H3,(H,37,38)/t27-,29-,31+,32-,33-,34+,36-/m1/s1. The summed E-state index contributed by atoms with van der Waals surface area (Å²) in [7, 11) is 0. The summed E-state index contributed by atoms with van der Waals surface area (Å²) in [5.74, 6) is 5.26. The van der Waals surface area contributed by atoms with Crippen LogP contribution in [0.4, 0.5) is 0 Å². The number of nitrogens with zero attached hydrogens (tertiary/aromatic N) is 1. The van der Waals surface area contributed by atoms with Crippen LogP contribution in [0, 0.1) is 40.9 Å². The third-order valence-electron chi connectivity index (χ3n) is 11.3. The van der Waals surface area contributed by atoms with Crippen LogP contribution in [0.15, 0.2) is 24.2 Å². The van der Waals surface area contributed by atoms with Gasteiger partial charge < -0.3 is 9.72 Å². The van der Waals surface area contributed by atoms with Crippen LogP contribution in [-0.2, 0) is 16.0 Å². The zero-order valence-electron chi connectivity index (χ0n) is 26.6. The van der Waals surface area contributed by atoms with Crippen molar-refractivity contribution in [3.63, 3.8) is 0 Å². The molecule has 0 unspecified atom stereocenters. The number of imidazole rings is 1. The van der Waals surface area contributed by atoms with Crippen LogP contribution in [0.2, 0.25) is 0 Å². The zero-order chi connectivity index (χ0) is 28.5. The maximum absolute atomic E-state index is 12.7. The van der Waals surface area contributed by atoms with Gasteiger partial charge in [-0.1, -0.05) is 78.4 Å². The van der Waals surface area contributed by atoms with Crippen molar-refractivity contribution < 1.29 is 9.53 Å². The number of H-pyrrole nitrogens is 1. The van der Waals surface area contributed by atoms with E-state index in [0.717, 1.165) is 86.1 Å². The number of carbonyl (C=O) groups is 1. The van der Waals surface area contributed by atoms with Crippen molar-refractivity contribution in [3.05, 3.63) is 29.9 Å². The zero-order valence-corrected chi connectivity index (χ0v) is 26.6. The molecular formula is C36H60N2O2. The number of aromatic amines is 1. The highest BCUT2D eigenvalue weighted by atomic mass is 16.5. The maximum Gasteiger partial charge on any atom is 0.306 e. The first-order valence-electron chi connectivity index (χ1n) is 17.1. The Morgan fingerprint density at radius 1 is 1.10 bits per heavy atom. The van der Waals surface area contributed by atoms with Crippen LogP contribution in [0.3, 0.4) is 0 Å². The number of ether oxygens (including phenoxy) is 1. The highest BCUT2D eigenvalue weighted by Crippen LogP contribution is 2.63. The van der Waals surface area contributed by atoms with Crippen molar-refractivity contribution in [1.82, 2.24) is 9.97 Å². The number of carbonyl (C=O) groups excluding carboxylic acids is 1. The number of fused-ring (bicyclic) bond motifs is 3. The van der Waals surface area contributed by atoms with E-state index in [1.807, 2.05) is 6.20 Å². The molecule has 7 atom stereocenters. The SMILES string of the molecule is CCCC[C@@H](CC1=CC[C@@H]2[C@H](CC[C@]3(C)[C@@H]([C@H](C)CCCC(C)C)CC[C@@H]23)C1)OC(=O)CCCCc1cnc[nH]1. The summed E-state index contributed by atoms with van der Waals surface area (Å²) in [6.07, 6.45) is 26.3. The molecular weight excluding hydrogens is 492 g/mol. The average Bonchev–Trinajstić information content (AvgIpc) is 3.57. The summed E-state index contributed by atoms with van der Waals surface area (Å²) in [4.78, 5) is 20.0. The van der Waals surface area contributed by atoms with Crippen molar-refractivity contribution in [2.75, 3.05) is 0 Å². The lowest BCUT2D eigenvalue weighted by atomic mass is 9.54. The Kier molecular flexibility index (Phi) is 11.8. The Hall–Kier alpha value is -1.58. The summed E-state index contributed by atoms with van der Waals surface area (Å²) >= 11 is 0. The third-order valence-corrected chi connectivity index (χ3v) is 11.3. The van der Waals surface area contributed by atoms with Gasteiger partial charge in [-0.15, -0.1) is 0 Å². The van der Waals surface area contributed by atoms with Gasteiger partial charge in [-0.05, 0) is 105 Å². The van der Waals surface area contributed by atoms with E-state index in [1.165, 1.54) is 57.8 Å². The van der Waals surface area contributed by atoms with Gasteiger partial charge >= 0.3 is 5.97 Å². The van der Waals surface area contributed by atoms with Gasteiger partial charge in [-0.25, -0.2) is 4.98 Å². The number of allylic oxidation sites excluding steroid dienone is 1. The molecule has 2 fully saturated rings. The number of rotatable bonds is 16. The molecule has 1 N–H and O–H groups in total. The van der Waals surface area contributed by atoms with E-state index in [0.29, 0.717) is 11.8 Å². The van der Waals surface area contributed by atoms with E-state index in [4.69, 9.17) is 4.74 Å². The average molecular weight is 553 g/mol. The molecule has 0 amide bonds. The largest absolute Gasteiger partial charge is 0.462 e. The predicted octanol–water partition coefficient (Wildman–Crippen LogP) is 9.86. The van der Waals surface area contributed by atoms with Crippen LogP contribution in [-0.4, -0.2) is 22.0 Å². The Balaban J connectivity index is 1.27. The first kappa shape index (κ1) is 31.4. The van der Waals surface area contributed by atoms with E-state index in [2.05, 4.69) is 50.7 Å². The van der Waals surface area contributed by atoms with Crippen molar-refractivity contribution >= 4 is 5.97 Å². The summed E-state index contributed by atoms with van der Waals surface area (Å²) in [5.41, 5.74) is 3.28. The second-order valence-corrected chi connectivity index (χ2v) is 14.6. The first-order chi connectivity index (χ1) is 19.3. The van der Waals surface area contributed by atoms with Crippen LogP contribution in [0.25, 0.3) is 0 Å². The van der Waals surface area contributed by atoms with Gasteiger partial charge in [0.25, 0.3) is 0 Å². The van der Waals surface area contributed by atoms with E-state index >= 15 is 0 Å². The summed E-state index contributed by atoms with van der Waals surface area (Å²) < 4.78 is 6.10. The number of unbranched alkanes of at least 4 members (excludes halogenated alkanes) is 2. The molecule has 0 aromatic carbocycles. The van der Waals surface area contributed by atoms with Gasteiger partial charge in [0.05, 0.1) is 6.33 Å². The fraction of sp³-hybridized carbons (Fsp3) is 0.833. The van der Waals surface area contributed by atoms with Gasteiger partial charge in [0, 0.05) is 24.7 Å². The van der Waals surface area contributed by atoms with Gasteiger partial charge in [0.1, 0.15) is 6.10 Å². The van der Waals surface area contributed by atoms with Crippen molar-refractivity contribution in [2.45, 2.75) is 150 Å². The monoisotopic (exact) mass is 552 g/mol. The number of aryl methyl sites for hydroxylation is 1. The molecule has 226 valence electrons. The normalized spacial score (nSPS) is 29.5. The van der Waals surface area contributed by atoms with Crippen molar-refractivity contribution in [1.29, 1.82) is 0 Å². The number of nitrogens with one attached hydrogen (secondary N) is 1. The summed E-state index contributed by atoms with van der Waals surface area (Å²) in [5, 5.41) is 0. The highest BCUT2D eigenvalue weighted by Gasteiger charge is 2.54. The second-order valence-electron chi connectivity index (χ2n) is 14.6. The van der Waals surface area contributed by atoms with Crippen LogP contribution in [0.5, 0.6) is 0 Å². The fourth-order valence-electron chi connectivity index (χ4n) is 9.07. The quantitative estimate of drug-likeness (QED) is 0.126. The molecule has 2 saturated carbocycles. The Morgan fingerprint density at radius 2 is 1.95 bits per heavy atom. The smallest absolute Gasteiger partial charge is 0.306 e. The Labute approximate surface area is 245 Å². The minimum absolute atomic E-state index is 0.00653. The molecule has 40 heavy (non-hydrogen) atoms. The van der Waals surface area contributed by atoms with E-state index in [-0.39, 0.29) is 12.1 Å². The van der Waals surface area contributed by atoms with Crippen molar-refractivity contribution in [2.24, 2.45) is 40.9 Å². The number of aromatic nitrogens is 2. The number of esters is 1. The molecule has 0 spiro atoms. The molecule has 4 nitrogen and oxygen atoms in total. The first-order valence-corrected chi connectivity index (χ1v) is 17.1. The summed E-state index contributed by atoms with van der Waals surface area (Å²) in [6.45, 7) is 12.2. The molecule has 1 aromatic rings. The van der Waals surface area contributed by atoms with E-state index < -0.39 is 0 Å². The molecule has 4 heteroatoms. The van der Waals surface area contributed by atoms with Gasteiger partial charge in [0.15, 0.2) is 0 Å². The molecule has 0 aliphatic heterocycles. The predicted molar refractivity (Wildman–Crippen MR) is 166 cm³/mol. The second kappa shape index (κ2) is 15.1. The van der Waals surface area contributed by atoms with Crippen molar-refractivity contribution in [3.8, 4) is 0 Å².